The Morgan fingerprint density at radius 3 is 2.71 bits per heavy atom. The van der Waals surface area contributed by atoms with Gasteiger partial charge in [0, 0.05) is 34.1 Å². The Bertz CT molecular complexity index is 1070. The molecule has 3 aromatic rings. The molecular weight excluding hydrogens is 380 g/mol. The van der Waals surface area contributed by atoms with E-state index in [1.54, 1.807) is 50.7 Å². The van der Waals surface area contributed by atoms with Crippen LogP contribution < -0.4 is 20.1 Å². The van der Waals surface area contributed by atoms with Crippen molar-refractivity contribution in [3.63, 3.8) is 0 Å². The highest BCUT2D eigenvalue weighted by atomic mass is 35.5. The van der Waals surface area contributed by atoms with Crippen molar-refractivity contribution in [1.29, 1.82) is 0 Å². The van der Waals surface area contributed by atoms with E-state index in [4.69, 9.17) is 21.1 Å². The normalized spacial score (nSPS) is 12.3. The third kappa shape index (κ3) is 3.44. The molecule has 0 saturated carbocycles. The van der Waals surface area contributed by atoms with Crippen LogP contribution >= 0.6 is 11.6 Å². The number of rotatable bonds is 4. The van der Waals surface area contributed by atoms with E-state index in [0.717, 1.165) is 16.8 Å². The van der Waals surface area contributed by atoms with Crippen LogP contribution in [0.25, 0.3) is 11.3 Å². The second kappa shape index (κ2) is 7.36. The lowest BCUT2D eigenvalue weighted by molar-refractivity contribution is -0.115. The average molecular weight is 397 g/mol. The highest BCUT2D eigenvalue weighted by molar-refractivity contribution is 6.31. The minimum atomic E-state index is -0.119. The molecule has 2 heterocycles. The number of hydrogen-bond acceptors (Lipinski definition) is 6. The Balaban J connectivity index is 1.74. The van der Waals surface area contributed by atoms with Crippen molar-refractivity contribution < 1.29 is 14.3 Å². The quantitative estimate of drug-likeness (QED) is 0.692. The molecule has 0 unspecified atom stereocenters. The Labute approximate surface area is 166 Å². The molecule has 1 aliphatic rings. The molecule has 142 valence electrons. The first-order chi connectivity index (χ1) is 13.6. The number of halogens is 1. The van der Waals surface area contributed by atoms with Gasteiger partial charge in [-0.25, -0.2) is 9.97 Å². The molecule has 4 rings (SSSR count). The van der Waals surface area contributed by atoms with Gasteiger partial charge in [0.25, 0.3) is 0 Å². The van der Waals surface area contributed by atoms with Crippen molar-refractivity contribution in [3.8, 4) is 22.8 Å². The largest absolute Gasteiger partial charge is 0.493 e. The summed E-state index contributed by atoms with van der Waals surface area (Å²) in [5.74, 6) is 1.50. The molecule has 0 radical (unpaired) electrons. The van der Waals surface area contributed by atoms with E-state index in [-0.39, 0.29) is 12.3 Å². The number of carbonyl (C=O) groups is 1. The summed E-state index contributed by atoms with van der Waals surface area (Å²) in [6, 6.07) is 10.7. The number of anilines is 3. The lowest BCUT2D eigenvalue weighted by Crippen LogP contribution is -2.12. The zero-order chi connectivity index (χ0) is 19.7. The second-order valence-corrected chi connectivity index (χ2v) is 6.61. The number of benzene rings is 2. The minimum Gasteiger partial charge on any atom is -0.493 e. The van der Waals surface area contributed by atoms with Crippen LogP contribution in [0.5, 0.6) is 11.5 Å². The van der Waals surface area contributed by atoms with Crippen LogP contribution in [0.15, 0.2) is 42.6 Å². The van der Waals surface area contributed by atoms with E-state index in [1.807, 2.05) is 6.07 Å². The van der Waals surface area contributed by atoms with Crippen LogP contribution in [0.3, 0.4) is 0 Å². The van der Waals surface area contributed by atoms with E-state index in [2.05, 4.69) is 20.6 Å². The Morgan fingerprint density at radius 2 is 1.93 bits per heavy atom. The summed E-state index contributed by atoms with van der Waals surface area (Å²) in [4.78, 5) is 21.1. The number of aromatic nitrogens is 2. The van der Waals surface area contributed by atoms with Gasteiger partial charge in [0.1, 0.15) is 0 Å². The lowest BCUT2D eigenvalue weighted by Gasteiger charge is -2.12. The lowest BCUT2D eigenvalue weighted by atomic mass is 10.1. The zero-order valence-electron chi connectivity index (χ0n) is 15.2. The first-order valence-electron chi connectivity index (χ1n) is 8.52. The van der Waals surface area contributed by atoms with Crippen LogP contribution in [0.4, 0.5) is 17.3 Å². The third-order valence-electron chi connectivity index (χ3n) is 4.37. The molecule has 0 saturated heterocycles. The van der Waals surface area contributed by atoms with Crippen LogP contribution in [0.2, 0.25) is 5.02 Å². The van der Waals surface area contributed by atoms with Crippen molar-refractivity contribution in [2.75, 3.05) is 24.9 Å². The van der Waals surface area contributed by atoms with Crippen LogP contribution in [-0.4, -0.2) is 30.1 Å². The van der Waals surface area contributed by atoms with E-state index < -0.39 is 0 Å². The summed E-state index contributed by atoms with van der Waals surface area (Å²) in [5, 5.41) is 6.60. The highest BCUT2D eigenvalue weighted by Gasteiger charge is 2.21. The fourth-order valence-electron chi connectivity index (χ4n) is 3.06. The molecule has 2 N–H and O–H groups in total. The third-order valence-corrected chi connectivity index (χ3v) is 4.60. The molecule has 0 spiro atoms. The predicted octanol–water partition coefficient (Wildman–Crippen LogP) is 4.05. The highest BCUT2D eigenvalue weighted by Crippen LogP contribution is 2.35. The molecule has 0 aliphatic carbocycles. The molecule has 2 aromatic carbocycles. The van der Waals surface area contributed by atoms with Gasteiger partial charge in [0.05, 0.1) is 32.0 Å². The zero-order valence-corrected chi connectivity index (χ0v) is 16.0. The number of nitrogens with one attached hydrogen (secondary N) is 2. The SMILES string of the molecule is COc1ccc(Nc2ncc3c(n2)-c2cc(Cl)ccc2NC(=O)C3)cc1OC. The van der Waals surface area contributed by atoms with Crippen LogP contribution in [0.1, 0.15) is 5.56 Å². The van der Waals surface area contributed by atoms with Gasteiger partial charge in [-0.3, -0.25) is 4.79 Å². The fourth-order valence-corrected chi connectivity index (χ4v) is 3.23. The van der Waals surface area contributed by atoms with E-state index in [1.165, 1.54) is 0 Å². The maximum absolute atomic E-state index is 12.2. The molecule has 1 aliphatic heterocycles. The first kappa shape index (κ1) is 18.1. The van der Waals surface area contributed by atoms with Gasteiger partial charge in [-0.15, -0.1) is 0 Å². The summed E-state index contributed by atoms with van der Waals surface area (Å²) < 4.78 is 10.6. The summed E-state index contributed by atoms with van der Waals surface area (Å²) in [6.45, 7) is 0. The maximum atomic E-state index is 12.2. The van der Waals surface area contributed by atoms with Gasteiger partial charge in [-0.2, -0.15) is 0 Å². The van der Waals surface area contributed by atoms with Crippen LogP contribution in [0, 0.1) is 0 Å². The number of hydrogen-bond donors (Lipinski definition) is 2. The van der Waals surface area contributed by atoms with Gasteiger partial charge in [-0.1, -0.05) is 11.6 Å². The molecule has 28 heavy (non-hydrogen) atoms. The number of amides is 1. The number of fused-ring (bicyclic) bond motifs is 3. The van der Waals surface area contributed by atoms with Gasteiger partial charge in [0.15, 0.2) is 11.5 Å². The van der Waals surface area contributed by atoms with Gasteiger partial charge in [0.2, 0.25) is 11.9 Å². The second-order valence-electron chi connectivity index (χ2n) is 6.18. The first-order valence-corrected chi connectivity index (χ1v) is 8.90. The van der Waals surface area contributed by atoms with E-state index >= 15 is 0 Å². The van der Waals surface area contributed by atoms with Crippen molar-refractivity contribution in [3.05, 3.63) is 53.2 Å². The van der Waals surface area contributed by atoms with Crippen molar-refractivity contribution >= 4 is 34.8 Å². The summed E-state index contributed by atoms with van der Waals surface area (Å²) in [5.41, 5.74) is 3.56. The molecule has 1 aromatic heterocycles. The van der Waals surface area contributed by atoms with Crippen molar-refractivity contribution in [2.24, 2.45) is 0 Å². The monoisotopic (exact) mass is 396 g/mol. The van der Waals surface area contributed by atoms with Gasteiger partial charge < -0.3 is 20.1 Å². The molecule has 0 bridgehead atoms. The smallest absolute Gasteiger partial charge is 0.228 e. The van der Waals surface area contributed by atoms with E-state index in [9.17, 15) is 4.79 Å². The van der Waals surface area contributed by atoms with Crippen LogP contribution in [-0.2, 0) is 11.2 Å². The standard InChI is InChI=1S/C20H17ClN4O3/c1-27-16-6-4-13(9-17(16)28-2)23-20-22-10-11-7-18(26)24-15-5-3-12(21)8-14(15)19(11)25-20/h3-6,8-10H,7H2,1-2H3,(H,24,26)(H,22,23,25). The van der Waals surface area contributed by atoms with Crippen molar-refractivity contribution in [2.45, 2.75) is 6.42 Å². The summed E-state index contributed by atoms with van der Waals surface area (Å²) in [6.07, 6.45) is 1.85. The summed E-state index contributed by atoms with van der Waals surface area (Å²) in [7, 11) is 3.16. The maximum Gasteiger partial charge on any atom is 0.228 e. The molecule has 1 amide bonds. The van der Waals surface area contributed by atoms with E-state index in [0.29, 0.717) is 33.9 Å². The topological polar surface area (TPSA) is 85.4 Å². The predicted molar refractivity (Wildman–Crippen MR) is 108 cm³/mol. The Hall–Kier alpha value is -3.32. The Morgan fingerprint density at radius 1 is 1.11 bits per heavy atom. The molecular formula is C20H17ClN4O3. The minimum absolute atomic E-state index is 0.119. The Kier molecular flexibility index (Phi) is 4.75. The number of nitrogens with zero attached hydrogens (tertiary/aromatic N) is 2. The molecule has 7 nitrogen and oxygen atoms in total. The molecule has 0 fully saturated rings. The molecule has 0 atom stereocenters. The average Bonchev–Trinajstić information content (AvgIpc) is 2.83. The fraction of sp³-hybridized carbons (Fsp3) is 0.150. The number of ether oxygens (including phenoxy) is 2. The molecule has 8 heteroatoms. The van der Waals surface area contributed by atoms with Crippen molar-refractivity contribution in [1.82, 2.24) is 9.97 Å². The van der Waals surface area contributed by atoms with Gasteiger partial charge >= 0.3 is 0 Å². The van der Waals surface area contributed by atoms with Gasteiger partial charge in [-0.05, 0) is 30.3 Å². The number of carbonyl (C=O) groups excluding carboxylic acids is 1. The number of methoxy groups -OCH3 is 2. The summed E-state index contributed by atoms with van der Waals surface area (Å²) >= 11 is 6.17.